The predicted molar refractivity (Wildman–Crippen MR) is 139 cm³/mol. The average molecular weight is 513 g/mol. The van der Waals surface area contributed by atoms with Crippen molar-refractivity contribution in [3.05, 3.63) is 82.3 Å². The number of rotatable bonds is 8. The Morgan fingerprint density at radius 3 is 2.47 bits per heavy atom. The van der Waals surface area contributed by atoms with E-state index in [1.54, 1.807) is 12.1 Å². The Morgan fingerprint density at radius 2 is 1.76 bits per heavy atom. The van der Waals surface area contributed by atoms with Crippen LogP contribution in [0.1, 0.15) is 12.5 Å². The van der Waals surface area contributed by atoms with E-state index in [9.17, 15) is 4.79 Å². The topological polar surface area (TPSA) is 69.0 Å². The number of nitrogens with zero attached hydrogens (tertiary/aromatic N) is 3. The maximum Gasteiger partial charge on any atom is 0.234 e. The number of hydrogen-bond acceptors (Lipinski definition) is 5. The lowest BCUT2D eigenvalue weighted by molar-refractivity contribution is -0.113. The normalized spacial score (nSPS) is 10.8. The Kier molecular flexibility index (Phi) is 7.77. The van der Waals surface area contributed by atoms with Gasteiger partial charge in [-0.15, -0.1) is 10.2 Å². The molecule has 1 aromatic heterocycles. The molecule has 0 atom stereocenters. The molecule has 0 fully saturated rings. The number of amides is 1. The van der Waals surface area contributed by atoms with Gasteiger partial charge in [0.2, 0.25) is 5.91 Å². The van der Waals surface area contributed by atoms with E-state index in [1.807, 2.05) is 73.0 Å². The van der Waals surface area contributed by atoms with Gasteiger partial charge in [0.1, 0.15) is 5.75 Å². The first-order valence-corrected chi connectivity index (χ1v) is 12.3. The maximum absolute atomic E-state index is 12.7. The van der Waals surface area contributed by atoms with Gasteiger partial charge in [-0.1, -0.05) is 41.0 Å². The predicted octanol–water partition coefficient (Wildman–Crippen LogP) is 6.68. The average Bonchev–Trinajstić information content (AvgIpc) is 3.26. The molecule has 0 saturated carbocycles. The summed E-state index contributed by atoms with van der Waals surface area (Å²) in [6.45, 7) is 4.40. The molecule has 6 nitrogen and oxygen atoms in total. The molecule has 1 amide bonds. The van der Waals surface area contributed by atoms with Crippen LogP contribution in [0.15, 0.2) is 71.9 Å². The van der Waals surface area contributed by atoms with Crippen LogP contribution in [-0.4, -0.2) is 33.0 Å². The highest BCUT2D eigenvalue weighted by molar-refractivity contribution is 7.99. The van der Waals surface area contributed by atoms with Crippen LogP contribution in [0.2, 0.25) is 10.0 Å². The highest BCUT2D eigenvalue weighted by Gasteiger charge is 2.18. The van der Waals surface area contributed by atoms with Crippen molar-refractivity contribution < 1.29 is 9.53 Å². The van der Waals surface area contributed by atoms with Crippen LogP contribution in [0.25, 0.3) is 17.1 Å². The fourth-order valence-electron chi connectivity index (χ4n) is 3.30. The number of carbonyl (C=O) groups excluding carboxylic acids is 1. The standard InChI is InChI=1S/C25H22Cl2N4O2S/c1-3-33-20-13-11-19(12-14-20)31-24(17-7-9-18(26)10-8-17)29-30-25(31)34-15-23(32)28-22-6-4-5-21(27)16(22)2/h4-14H,3,15H2,1-2H3,(H,28,32). The van der Waals surface area contributed by atoms with Crippen LogP contribution < -0.4 is 10.1 Å². The molecule has 1 N–H and O–H groups in total. The summed E-state index contributed by atoms with van der Waals surface area (Å²) in [6, 6.07) is 20.5. The van der Waals surface area contributed by atoms with E-state index in [0.29, 0.717) is 33.3 Å². The molecule has 3 aromatic carbocycles. The van der Waals surface area contributed by atoms with E-state index >= 15 is 0 Å². The Morgan fingerprint density at radius 1 is 1.03 bits per heavy atom. The van der Waals surface area contributed by atoms with Gasteiger partial charge in [-0.05, 0) is 80.1 Å². The summed E-state index contributed by atoms with van der Waals surface area (Å²) in [6.07, 6.45) is 0. The van der Waals surface area contributed by atoms with Crippen molar-refractivity contribution >= 4 is 46.6 Å². The summed E-state index contributed by atoms with van der Waals surface area (Å²) in [5, 5.41) is 13.5. The lowest BCUT2D eigenvalue weighted by Crippen LogP contribution is -2.15. The van der Waals surface area contributed by atoms with Gasteiger partial charge >= 0.3 is 0 Å². The maximum atomic E-state index is 12.7. The molecule has 4 aromatic rings. The highest BCUT2D eigenvalue weighted by atomic mass is 35.5. The van der Waals surface area contributed by atoms with Crippen LogP contribution in [0.4, 0.5) is 5.69 Å². The Bertz CT molecular complexity index is 1290. The van der Waals surface area contributed by atoms with E-state index in [-0.39, 0.29) is 11.7 Å². The zero-order valence-corrected chi connectivity index (χ0v) is 20.9. The third-order valence-electron chi connectivity index (χ3n) is 5.02. The lowest BCUT2D eigenvalue weighted by atomic mass is 10.2. The molecule has 0 aliphatic heterocycles. The van der Waals surface area contributed by atoms with Gasteiger partial charge in [0.15, 0.2) is 11.0 Å². The molecule has 0 bridgehead atoms. The van der Waals surface area contributed by atoms with Crippen LogP contribution in [0.3, 0.4) is 0 Å². The molecule has 1 heterocycles. The van der Waals surface area contributed by atoms with Crippen molar-refractivity contribution in [1.29, 1.82) is 0 Å². The van der Waals surface area contributed by atoms with E-state index in [4.69, 9.17) is 27.9 Å². The lowest BCUT2D eigenvalue weighted by Gasteiger charge is -2.12. The van der Waals surface area contributed by atoms with Gasteiger partial charge in [0.25, 0.3) is 0 Å². The van der Waals surface area contributed by atoms with Crippen LogP contribution in [0, 0.1) is 6.92 Å². The second kappa shape index (κ2) is 11.0. The molecule has 4 rings (SSSR count). The quantitative estimate of drug-likeness (QED) is 0.266. The number of nitrogens with one attached hydrogen (secondary N) is 1. The number of ether oxygens (including phenoxy) is 1. The first kappa shape index (κ1) is 24.1. The SMILES string of the molecule is CCOc1ccc(-n2c(SCC(=O)Nc3cccc(Cl)c3C)nnc2-c2ccc(Cl)cc2)cc1. The third-order valence-corrected chi connectivity index (χ3v) is 6.61. The van der Waals surface area contributed by atoms with Gasteiger partial charge in [0.05, 0.1) is 12.4 Å². The van der Waals surface area contributed by atoms with Crippen molar-refractivity contribution in [3.8, 4) is 22.8 Å². The number of halogens is 2. The zero-order chi connectivity index (χ0) is 24.1. The molecule has 0 unspecified atom stereocenters. The van der Waals surface area contributed by atoms with Crippen LogP contribution in [0.5, 0.6) is 5.75 Å². The zero-order valence-electron chi connectivity index (χ0n) is 18.6. The number of aromatic nitrogens is 3. The van der Waals surface area contributed by atoms with Crippen molar-refractivity contribution in [2.45, 2.75) is 19.0 Å². The van der Waals surface area contributed by atoms with Crippen molar-refractivity contribution in [2.75, 3.05) is 17.7 Å². The van der Waals surface area contributed by atoms with Crippen LogP contribution >= 0.6 is 35.0 Å². The van der Waals surface area contributed by atoms with E-state index in [2.05, 4.69) is 15.5 Å². The fraction of sp³-hybridized carbons (Fsp3) is 0.160. The first-order valence-electron chi connectivity index (χ1n) is 10.6. The number of benzene rings is 3. The molecule has 34 heavy (non-hydrogen) atoms. The molecule has 174 valence electrons. The highest BCUT2D eigenvalue weighted by Crippen LogP contribution is 2.30. The monoisotopic (exact) mass is 512 g/mol. The number of carbonyl (C=O) groups is 1. The minimum absolute atomic E-state index is 0.154. The minimum atomic E-state index is -0.162. The largest absolute Gasteiger partial charge is 0.494 e. The number of thioether (sulfide) groups is 1. The van der Waals surface area contributed by atoms with Crippen molar-refractivity contribution in [3.63, 3.8) is 0 Å². The number of anilines is 1. The molecule has 0 aliphatic carbocycles. The van der Waals surface area contributed by atoms with E-state index in [0.717, 1.165) is 22.6 Å². The second-order valence-electron chi connectivity index (χ2n) is 7.32. The van der Waals surface area contributed by atoms with Crippen molar-refractivity contribution in [1.82, 2.24) is 14.8 Å². The molecule has 0 saturated heterocycles. The molecule has 0 aliphatic rings. The minimum Gasteiger partial charge on any atom is -0.494 e. The smallest absolute Gasteiger partial charge is 0.234 e. The van der Waals surface area contributed by atoms with Gasteiger partial charge < -0.3 is 10.1 Å². The van der Waals surface area contributed by atoms with Gasteiger partial charge in [-0.25, -0.2) is 0 Å². The molecular weight excluding hydrogens is 491 g/mol. The number of hydrogen-bond donors (Lipinski definition) is 1. The fourth-order valence-corrected chi connectivity index (χ4v) is 4.35. The second-order valence-corrected chi connectivity index (χ2v) is 9.11. The summed E-state index contributed by atoms with van der Waals surface area (Å²) in [5.41, 5.74) is 3.22. The first-order chi connectivity index (χ1) is 16.5. The Balaban J connectivity index is 1.61. The summed E-state index contributed by atoms with van der Waals surface area (Å²) < 4.78 is 7.49. The molecule has 0 radical (unpaired) electrons. The summed E-state index contributed by atoms with van der Waals surface area (Å²) in [5.74, 6) is 1.42. The van der Waals surface area contributed by atoms with Gasteiger partial charge in [-0.2, -0.15) is 0 Å². The van der Waals surface area contributed by atoms with Gasteiger partial charge in [-0.3, -0.25) is 9.36 Å². The van der Waals surface area contributed by atoms with Crippen LogP contribution in [-0.2, 0) is 4.79 Å². The van der Waals surface area contributed by atoms with E-state index in [1.165, 1.54) is 11.8 Å². The molecule has 9 heteroatoms. The summed E-state index contributed by atoms with van der Waals surface area (Å²) >= 11 is 13.5. The van der Waals surface area contributed by atoms with Crippen molar-refractivity contribution in [2.24, 2.45) is 0 Å². The molecular formula is C25H22Cl2N4O2S. The van der Waals surface area contributed by atoms with E-state index < -0.39 is 0 Å². The van der Waals surface area contributed by atoms with Gasteiger partial charge in [0, 0.05) is 27.0 Å². The summed E-state index contributed by atoms with van der Waals surface area (Å²) in [7, 11) is 0. The Labute approximate surface area is 212 Å². The molecule has 0 spiro atoms. The summed E-state index contributed by atoms with van der Waals surface area (Å²) in [4.78, 5) is 12.7. The Hall–Kier alpha value is -3.00. The third kappa shape index (κ3) is 5.55.